The highest BCUT2D eigenvalue weighted by Crippen LogP contribution is 2.19. The van der Waals surface area contributed by atoms with E-state index in [-0.39, 0.29) is 24.0 Å². The van der Waals surface area contributed by atoms with Crippen LogP contribution in [0, 0.1) is 5.41 Å². The zero-order valence-electron chi connectivity index (χ0n) is 10.4. The van der Waals surface area contributed by atoms with Gasteiger partial charge in [0.2, 0.25) is 5.91 Å². The first-order valence-electron chi connectivity index (χ1n) is 5.38. The molecule has 0 saturated heterocycles. The lowest BCUT2D eigenvalue weighted by Gasteiger charge is -2.34. The van der Waals surface area contributed by atoms with Gasteiger partial charge in [0.25, 0.3) is 0 Å². The predicted octanol–water partition coefficient (Wildman–Crippen LogP) is 0.589. The maximum Gasteiger partial charge on any atom is 0.240 e. The van der Waals surface area contributed by atoms with Crippen LogP contribution < -0.4 is 5.73 Å². The van der Waals surface area contributed by atoms with Crippen LogP contribution in [-0.4, -0.2) is 41.1 Å². The van der Waals surface area contributed by atoms with Gasteiger partial charge in [-0.05, 0) is 19.3 Å². The standard InChI is InChI=1S/C11H24N2O2/c1-8(2)13(6-7-14)10(15)9(12)11(3,4)5/h8-9,14H,6-7,12H2,1-5H3. The number of hydrogen-bond acceptors (Lipinski definition) is 3. The number of carbonyl (C=O) groups is 1. The minimum absolute atomic E-state index is 0.0270. The van der Waals surface area contributed by atoms with E-state index in [2.05, 4.69) is 0 Å². The van der Waals surface area contributed by atoms with Crippen LogP contribution in [0.5, 0.6) is 0 Å². The Morgan fingerprint density at radius 2 is 1.87 bits per heavy atom. The van der Waals surface area contributed by atoms with Gasteiger partial charge < -0.3 is 15.7 Å². The lowest BCUT2D eigenvalue weighted by atomic mass is 9.86. The number of aliphatic hydroxyl groups is 1. The van der Waals surface area contributed by atoms with Crippen molar-refractivity contribution >= 4 is 5.91 Å². The molecule has 0 aliphatic heterocycles. The quantitative estimate of drug-likeness (QED) is 0.722. The van der Waals surface area contributed by atoms with Crippen molar-refractivity contribution < 1.29 is 9.90 Å². The van der Waals surface area contributed by atoms with Gasteiger partial charge in [-0.3, -0.25) is 4.79 Å². The molecule has 4 heteroatoms. The van der Waals surface area contributed by atoms with Gasteiger partial charge in [-0.25, -0.2) is 0 Å². The van der Waals surface area contributed by atoms with Gasteiger partial charge in [0.15, 0.2) is 0 Å². The van der Waals surface area contributed by atoms with E-state index >= 15 is 0 Å². The van der Waals surface area contributed by atoms with Crippen LogP contribution in [-0.2, 0) is 4.79 Å². The monoisotopic (exact) mass is 216 g/mol. The van der Waals surface area contributed by atoms with Crippen LogP contribution in [0.1, 0.15) is 34.6 Å². The summed E-state index contributed by atoms with van der Waals surface area (Å²) in [5, 5.41) is 8.88. The molecule has 0 aromatic carbocycles. The van der Waals surface area contributed by atoms with Crippen LogP contribution >= 0.6 is 0 Å². The number of aliphatic hydroxyl groups excluding tert-OH is 1. The Labute approximate surface area is 92.4 Å². The summed E-state index contributed by atoms with van der Waals surface area (Å²) < 4.78 is 0. The predicted molar refractivity (Wildman–Crippen MR) is 61.4 cm³/mol. The molecule has 0 aliphatic rings. The molecule has 1 amide bonds. The van der Waals surface area contributed by atoms with Crippen LogP contribution in [0.4, 0.5) is 0 Å². The summed E-state index contributed by atoms with van der Waals surface area (Å²) >= 11 is 0. The second kappa shape index (κ2) is 5.47. The van der Waals surface area contributed by atoms with Crippen molar-refractivity contribution in [2.75, 3.05) is 13.2 Å². The van der Waals surface area contributed by atoms with Crippen molar-refractivity contribution in [3.63, 3.8) is 0 Å². The van der Waals surface area contributed by atoms with Gasteiger partial charge >= 0.3 is 0 Å². The van der Waals surface area contributed by atoms with Crippen LogP contribution in [0.25, 0.3) is 0 Å². The van der Waals surface area contributed by atoms with E-state index in [0.717, 1.165) is 0 Å². The molecule has 90 valence electrons. The van der Waals surface area contributed by atoms with Gasteiger partial charge in [0.1, 0.15) is 0 Å². The number of rotatable bonds is 4. The number of hydrogen-bond donors (Lipinski definition) is 2. The van der Waals surface area contributed by atoms with Gasteiger partial charge in [-0.15, -0.1) is 0 Å². The van der Waals surface area contributed by atoms with E-state index in [4.69, 9.17) is 10.8 Å². The highest BCUT2D eigenvalue weighted by atomic mass is 16.3. The minimum atomic E-state index is -0.522. The zero-order chi connectivity index (χ0) is 12.2. The smallest absolute Gasteiger partial charge is 0.240 e. The van der Waals surface area contributed by atoms with Crippen molar-refractivity contribution in [3.05, 3.63) is 0 Å². The first-order valence-corrected chi connectivity index (χ1v) is 5.38. The Morgan fingerprint density at radius 3 is 2.13 bits per heavy atom. The summed E-state index contributed by atoms with van der Waals surface area (Å²) in [5.41, 5.74) is 5.64. The largest absolute Gasteiger partial charge is 0.395 e. The molecule has 0 rings (SSSR count). The molecule has 0 fully saturated rings. The maximum atomic E-state index is 12.0. The average molecular weight is 216 g/mol. The summed E-state index contributed by atoms with van der Waals surface area (Å²) in [7, 11) is 0. The third-order valence-corrected chi connectivity index (χ3v) is 2.45. The Bertz CT molecular complexity index is 209. The molecule has 1 unspecified atom stereocenters. The molecular formula is C11H24N2O2. The van der Waals surface area contributed by atoms with E-state index in [0.29, 0.717) is 6.54 Å². The second-order valence-electron chi connectivity index (χ2n) is 5.19. The summed E-state index contributed by atoms with van der Waals surface area (Å²) in [6, 6.07) is -0.454. The molecule has 15 heavy (non-hydrogen) atoms. The third kappa shape index (κ3) is 4.18. The number of carbonyl (C=O) groups excluding carboxylic acids is 1. The molecule has 3 N–H and O–H groups in total. The Hall–Kier alpha value is -0.610. The molecule has 1 atom stereocenters. The van der Waals surface area contributed by atoms with Crippen molar-refractivity contribution in [3.8, 4) is 0 Å². The molecule has 0 aromatic rings. The van der Waals surface area contributed by atoms with Gasteiger partial charge in [0, 0.05) is 12.6 Å². The Balaban J connectivity index is 4.64. The second-order valence-corrected chi connectivity index (χ2v) is 5.19. The fourth-order valence-electron chi connectivity index (χ4n) is 1.28. The molecule has 0 bridgehead atoms. The summed E-state index contributed by atoms with van der Waals surface area (Å²) in [5.74, 6) is -0.0912. The molecule has 0 radical (unpaired) electrons. The van der Waals surface area contributed by atoms with Crippen LogP contribution in [0.15, 0.2) is 0 Å². The van der Waals surface area contributed by atoms with Crippen molar-refractivity contribution in [2.45, 2.75) is 46.7 Å². The highest BCUT2D eigenvalue weighted by Gasteiger charge is 2.31. The fourth-order valence-corrected chi connectivity index (χ4v) is 1.28. The Morgan fingerprint density at radius 1 is 1.40 bits per heavy atom. The highest BCUT2D eigenvalue weighted by molar-refractivity contribution is 5.82. The summed E-state index contributed by atoms with van der Waals surface area (Å²) in [4.78, 5) is 13.6. The Kier molecular flexibility index (Phi) is 5.24. The van der Waals surface area contributed by atoms with Crippen LogP contribution in [0.2, 0.25) is 0 Å². The first kappa shape index (κ1) is 14.4. The lowest BCUT2D eigenvalue weighted by Crippen LogP contribution is -2.53. The molecule has 4 nitrogen and oxygen atoms in total. The molecule has 0 heterocycles. The van der Waals surface area contributed by atoms with E-state index in [1.54, 1.807) is 4.90 Å². The molecular weight excluding hydrogens is 192 g/mol. The fraction of sp³-hybridized carbons (Fsp3) is 0.909. The van der Waals surface area contributed by atoms with E-state index in [1.165, 1.54) is 0 Å². The topological polar surface area (TPSA) is 66.6 Å². The lowest BCUT2D eigenvalue weighted by molar-refractivity contribution is -0.137. The average Bonchev–Trinajstić information content (AvgIpc) is 2.09. The number of nitrogens with two attached hydrogens (primary N) is 1. The van der Waals surface area contributed by atoms with Crippen molar-refractivity contribution in [2.24, 2.45) is 11.1 Å². The zero-order valence-corrected chi connectivity index (χ0v) is 10.4. The first-order chi connectivity index (χ1) is 6.71. The molecule has 0 spiro atoms. The van der Waals surface area contributed by atoms with E-state index < -0.39 is 6.04 Å². The normalized spacial score (nSPS) is 14.1. The third-order valence-electron chi connectivity index (χ3n) is 2.45. The van der Waals surface area contributed by atoms with Gasteiger partial charge in [-0.2, -0.15) is 0 Å². The van der Waals surface area contributed by atoms with Crippen molar-refractivity contribution in [1.29, 1.82) is 0 Å². The molecule has 0 aromatic heterocycles. The molecule has 0 saturated carbocycles. The SMILES string of the molecule is CC(C)N(CCO)C(=O)C(N)C(C)(C)C. The number of nitrogens with zero attached hydrogens (tertiary/aromatic N) is 1. The van der Waals surface area contributed by atoms with E-state index in [9.17, 15) is 4.79 Å². The van der Waals surface area contributed by atoms with Gasteiger partial charge in [-0.1, -0.05) is 20.8 Å². The van der Waals surface area contributed by atoms with E-state index in [1.807, 2.05) is 34.6 Å². The van der Waals surface area contributed by atoms with Crippen LogP contribution in [0.3, 0.4) is 0 Å². The van der Waals surface area contributed by atoms with Crippen molar-refractivity contribution in [1.82, 2.24) is 4.90 Å². The number of amides is 1. The minimum Gasteiger partial charge on any atom is -0.395 e. The maximum absolute atomic E-state index is 12.0. The summed E-state index contributed by atoms with van der Waals surface area (Å²) in [6.07, 6.45) is 0. The molecule has 0 aliphatic carbocycles. The summed E-state index contributed by atoms with van der Waals surface area (Å²) in [6.45, 7) is 9.97. The van der Waals surface area contributed by atoms with Gasteiger partial charge in [0.05, 0.1) is 12.6 Å².